The van der Waals surface area contributed by atoms with Gasteiger partial charge >= 0.3 is 0 Å². The number of ether oxygens (including phenoxy) is 1. The van der Waals surface area contributed by atoms with E-state index in [1.807, 2.05) is 18.2 Å². The van der Waals surface area contributed by atoms with Crippen LogP contribution in [0.1, 0.15) is 5.56 Å². The predicted octanol–water partition coefficient (Wildman–Crippen LogP) is 1.92. The first-order valence-electron chi connectivity index (χ1n) is 5.83. The molecule has 0 spiro atoms. The lowest BCUT2D eigenvalue weighted by Gasteiger charge is -2.28. The molecule has 3 nitrogen and oxygen atoms in total. The molecule has 88 valence electrons. The lowest BCUT2D eigenvalue weighted by Crippen LogP contribution is -2.41. The Hall–Kier alpha value is -1.63. The second-order valence-corrected chi connectivity index (χ2v) is 4.06. The molecule has 1 aliphatic heterocycles. The largest absolute Gasteiger partial charge is 0.361 e. The summed E-state index contributed by atoms with van der Waals surface area (Å²) in [5.74, 6) is 0. The maximum atomic E-state index is 8.79. The van der Waals surface area contributed by atoms with E-state index in [4.69, 9.17) is 10.00 Å². The van der Waals surface area contributed by atoms with E-state index in [1.165, 1.54) is 5.56 Å². The minimum absolute atomic E-state index is 0.270. The number of nitriles is 1. The smallest absolute Gasteiger partial charge is 0.156 e. The van der Waals surface area contributed by atoms with E-state index in [-0.39, 0.29) is 6.10 Å². The minimum Gasteiger partial charge on any atom is -0.361 e. The Morgan fingerprint density at radius 1 is 1.41 bits per heavy atom. The van der Waals surface area contributed by atoms with Crippen molar-refractivity contribution in [1.82, 2.24) is 4.90 Å². The molecule has 1 unspecified atom stereocenters. The molecule has 17 heavy (non-hydrogen) atoms. The average Bonchev–Trinajstić information content (AvgIpc) is 2.40. The van der Waals surface area contributed by atoms with Crippen molar-refractivity contribution in [2.75, 3.05) is 26.2 Å². The Bertz CT molecular complexity index is 408. The van der Waals surface area contributed by atoms with Crippen molar-refractivity contribution in [3.63, 3.8) is 0 Å². The van der Waals surface area contributed by atoms with Crippen molar-refractivity contribution >= 4 is 6.08 Å². The molecular weight excluding hydrogens is 212 g/mol. The van der Waals surface area contributed by atoms with Crippen LogP contribution in [-0.2, 0) is 4.74 Å². The second-order valence-electron chi connectivity index (χ2n) is 4.06. The Kier molecular flexibility index (Phi) is 4.31. The summed E-state index contributed by atoms with van der Waals surface area (Å²) in [6.45, 7) is 3.13. The molecule has 1 aliphatic rings. The molecule has 1 heterocycles. The highest BCUT2D eigenvalue weighted by atomic mass is 16.5. The number of hydrogen-bond acceptors (Lipinski definition) is 3. The van der Waals surface area contributed by atoms with Crippen molar-refractivity contribution in [3.05, 3.63) is 42.0 Å². The zero-order valence-corrected chi connectivity index (χ0v) is 9.75. The summed E-state index contributed by atoms with van der Waals surface area (Å²) in [7, 11) is 0. The van der Waals surface area contributed by atoms with Crippen LogP contribution in [0, 0.1) is 11.3 Å². The molecule has 0 aromatic heterocycles. The van der Waals surface area contributed by atoms with E-state index in [0.717, 1.165) is 13.1 Å². The van der Waals surface area contributed by atoms with E-state index >= 15 is 0 Å². The van der Waals surface area contributed by atoms with Gasteiger partial charge in [-0.1, -0.05) is 42.5 Å². The van der Waals surface area contributed by atoms with Gasteiger partial charge in [0.2, 0.25) is 0 Å². The summed E-state index contributed by atoms with van der Waals surface area (Å²) >= 11 is 0. The van der Waals surface area contributed by atoms with Gasteiger partial charge in [-0.15, -0.1) is 0 Å². The third kappa shape index (κ3) is 3.70. The van der Waals surface area contributed by atoms with Gasteiger partial charge in [0.1, 0.15) is 0 Å². The van der Waals surface area contributed by atoms with Crippen LogP contribution < -0.4 is 0 Å². The third-order valence-corrected chi connectivity index (χ3v) is 2.77. The Morgan fingerprint density at radius 3 is 3.00 bits per heavy atom. The van der Waals surface area contributed by atoms with Crippen LogP contribution in [0.3, 0.4) is 0 Å². The quantitative estimate of drug-likeness (QED) is 0.793. The molecule has 0 bridgehead atoms. The van der Waals surface area contributed by atoms with Crippen molar-refractivity contribution in [1.29, 1.82) is 5.26 Å². The van der Waals surface area contributed by atoms with E-state index < -0.39 is 0 Å². The van der Waals surface area contributed by atoms with Gasteiger partial charge in [-0.2, -0.15) is 5.26 Å². The normalized spacial score (nSPS) is 21.5. The fourth-order valence-electron chi connectivity index (χ4n) is 1.85. The molecular formula is C14H16N2O. The molecule has 3 heteroatoms. The zero-order valence-electron chi connectivity index (χ0n) is 9.75. The maximum absolute atomic E-state index is 8.79. The van der Waals surface area contributed by atoms with Crippen LogP contribution in [0.4, 0.5) is 0 Å². The first-order chi connectivity index (χ1) is 8.38. The molecule has 0 saturated carbocycles. The molecule has 0 aliphatic carbocycles. The highest BCUT2D eigenvalue weighted by Gasteiger charge is 2.18. The molecule has 2 rings (SSSR count). The standard InChI is InChI=1S/C14H16N2O/c15-11-14-12-16(9-10-17-14)8-4-7-13-5-2-1-3-6-13/h1-7,14H,8-10,12H2. The number of rotatable bonds is 3. The number of benzene rings is 1. The lowest BCUT2D eigenvalue weighted by atomic mass is 10.2. The summed E-state index contributed by atoms with van der Waals surface area (Å²) in [5.41, 5.74) is 1.21. The fraction of sp³-hybridized carbons (Fsp3) is 0.357. The average molecular weight is 228 g/mol. The fourth-order valence-corrected chi connectivity index (χ4v) is 1.85. The highest BCUT2D eigenvalue weighted by molar-refractivity contribution is 5.48. The van der Waals surface area contributed by atoms with Crippen LogP contribution in [0.15, 0.2) is 36.4 Å². The summed E-state index contributed by atoms with van der Waals surface area (Å²) in [5, 5.41) is 8.79. The molecule has 1 fully saturated rings. The van der Waals surface area contributed by atoms with Crippen molar-refractivity contribution in [2.24, 2.45) is 0 Å². The maximum Gasteiger partial charge on any atom is 0.156 e. The van der Waals surface area contributed by atoms with Crippen LogP contribution in [0.5, 0.6) is 0 Å². The Morgan fingerprint density at radius 2 is 2.24 bits per heavy atom. The number of morpholine rings is 1. The van der Waals surface area contributed by atoms with Gasteiger partial charge in [0.25, 0.3) is 0 Å². The number of hydrogen-bond donors (Lipinski definition) is 0. The van der Waals surface area contributed by atoms with E-state index in [0.29, 0.717) is 13.2 Å². The molecule has 0 amide bonds. The topological polar surface area (TPSA) is 36.3 Å². The van der Waals surface area contributed by atoms with E-state index in [2.05, 4.69) is 35.3 Å². The van der Waals surface area contributed by atoms with Crippen molar-refractivity contribution < 1.29 is 4.74 Å². The molecule has 0 radical (unpaired) electrons. The van der Waals surface area contributed by atoms with E-state index in [9.17, 15) is 0 Å². The van der Waals surface area contributed by atoms with Crippen molar-refractivity contribution in [2.45, 2.75) is 6.10 Å². The zero-order chi connectivity index (χ0) is 11.9. The first-order valence-corrected chi connectivity index (χ1v) is 5.83. The summed E-state index contributed by atoms with van der Waals surface area (Å²) in [6.07, 6.45) is 3.97. The third-order valence-electron chi connectivity index (χ3n) is 2.77. The van der Waals surface area contributed by atoms with Crippen LogP contribution >= 0.6 is 0 Å². The van der Waals surface area contributed by atoms with E-state index in [1.54, 1.807) is 0 Å². The summed E-state index contributed by atoms with van der Waals surface area (Å²) < 4.78 is 5.30. The summed E-state index contributed by atoms with van der Waals surface area (Å²) in [6, 6.07) is 12.4. The highest BCUT2D eigenvalue weighted by Crippen LogP contribution is 2.05. The van der Waals surface area contributed by atoms with Gasteiger partial charge in [-0.05, 0) is 5.56 Å². The monoisotopic (exact) mass is 228 g/mol. The summed E-state index contributed by atoms with van der Waals surface area (Å²) in [4.78, 5) is 2.23. The Labute approximate surface area is 102 Å². The van der Waals surface area contributed by atoms with Gasteiger partial charge in [-0.25, -0.2) is 0 Å². The first kappa shape index (κ1) is 11.8. The van der Waals surface area contributed by atoms with Crippen LogP contribution in [0.25, 0.3) is 6.08 Å². The Balaban J connectivity index is 1.82. The SMILES string of the molecule is N#CC1CN(CC=Cc2ccccc2)CCO1. The molecule has 1 aromatic rings. The number of nitrogens with zero attached hydrogens (tertiary/aromatic N) is 2. The molecule has 1 saturated heterocycles. The molecule has 1 aromatic carbocycles. The van der Waals surface area contributed by atoms with Gasteiger partial charge < -0.3 is 4.74 Å². The molecule has 0 N–H and O–H groups in total. The van der Waals surface area contributed by atoms with Crippen molar-refractivity contribution in [3.8, 4) is 6.07 Å². The van der Waals surface area contributed by atoms with Gasteiger partial charge in [0, 0.05) is 19.6 Å². The van der Waals surface area contributed by atoms with Crippen LogP contribution in [0.2, 0.25) is 0 Å². The lowest BCUT2D eigenvalue weighted by molar-refractivity contribution is 0.00521. The molecule has 1 atom stereocenters. The van der Waals surface area contributed by atoms with Crippen LogP contribution in [-0.4, -0.2) is 37.2 Å². The predicted molar refractivity (Wildman–Crippen MR) is 67.3 cm³/mol. The van der Waals surface area contributed by atoms with Gasteiger partial charge in [-0.3, -0.25) is 4.90 Å². The van der Waals surface area contributed by atoms with Gasteiger partial charge in [0.15, 0.2) is 6.10 Å². The minimum atomic E-state index is -0.270. The van der Waals surface area contributed by atoms with Gasteiger partial charge in [0.05, 0.1) is 12.7 Å². The second kappa shape index (κ2) is 6.19.